The van der Waals surface area contributed by atoms with Crippen molar-refractivity contribution in [3.63, 3.8) is 0 Å². The van der Waals surface area contributed by atoms with Crippen molar-refractivity contribution in [1.82, 2.24) is 5.32 Å². The van der Waals surface area contributed by atoms with Gasteiger partial charge in [-0.1, -0.05) is 6.07 Å². The van der Waals surface area contributed by atoms with Crippen LogP contribution in [0.4, 0.5) is 4.39 Å². The highest BCUT2D eigenvalue weighted by atomic mass is 19.1. The lowest BCUT2D eigenvalue weighted by Gasteiger charge is -2.08. The molecule has 6 heteroatoms. The minimum Gasteiger partial charge on any atom is -0.491 e. The SMILES string of the molecule is CCOc1ccc(C(=O)NCc2ccc3c(c2)OCO3)cc1F. The van der Waals surface area contributed by atoms with Gasteiger partial charge in [0.05, 0.1) is 6.61 Å². The standard InChI is InChI=1S/C17H16FNO4/c1-2-21-14-6-4-12(8-13(14)18)17(20)19-9-11-3-5-15-16(7-11)23-10-22-15/h3-8H,2,9-10H2,1H3,(H,19,20). The third kappa shape index (κ3) is 3.36. The predicted molar refractivity (Wildman–Crippen MR) is 81.3 cm³/mol. The monoisotopic (exact) mass is 317 g/mol. The molecule has 0 saturated heterocycles. The Morgan fingerprint density at radius 1 is 1.22 bits per heavy atom. The van der Waals surface area contributed by atoms with Crippen LogP contribution in [0, 0.1) is 5.82 Å². The normalized spacial score (nSPS) is 12.1. The molecular weight excluding hydrogens is 301 g/mol. The highest BCUT2D eigenvalue weighted by Gasteiger charge is 2.14. The Labute approximate surface area is 133 Å². The van der Waals surface area contributed by atoms with Gasteiger partial charge in [-0.05, 0) is 42.8 Å². The number of fused-ring (bicyclic) bond motifs is 1. The molecule has 1 aliphatic rings. The first kappa shape index (κ1) is 15.1. The van der Waals surface area contributed by atoms with E-state index in [9.17, 15) is 9.18 Å². The summed E-state index contributed by atoms with van der Waals surface area (Å²) in [5.41, 5.74) is 1.11. The van der Waals surface area contributed by atoms with Crippen LogP contribution in [-0.4, -0.2) is 19.3 Å². The van der Waals surface area contributed by atoms with Crippen molar-refractivity contribution in [1.29, 1.82) is 0 Å². The summed E-state index contributed by atoms with van der Waals surface area (Å²) in [6.07, 6.45) is 0. The summed E-state index contributed by atoms with van der Waals surface area (Å²) in [6.45, 7) is 2.65. The summed E-state index contributed by atoms with van der Waals surface area (Å²) >= 11 is 0. The van der Waals surface area contributed by atoms with Crippen LogP contribution in [0.5, 0.6) is 17.2 Å². The van der Waals surface area contributed by atoms with Crippen LogP contribution in [0.15, 0.2) is 36.4 Å². The number of nitrogens with one attached hydrogen (secondary N) is 1. The molecule has 2 aromatic carbocycles. The minimum absolute atomic E-state index is 0.139. The van der Waals surface area contributed by atoms with Crippen LogP contribution in [0.3, 0.4) is 0 Å². The molecule has 3 rings (SSSR count). The lowest BCUT2D eigenvalue weighted by molar-refractivity contribution is 0.0950. The highest BCUT2D eigenvalue weighted by Crippen LogP contribution is 2.32. The number of hydrogen-bond donors (Lipinski definition) is 1. The smallest absolute Gasteiger partial charge is 0.251 e. The number of carbonyl (C=O) groups excluding carboxylic acids is 1. The molecule has 0 aliphatic carbocycles. The van der Waals surface area contributed by atoms with Crippen molar-refractivity contribution >= 4 is 5.91 Å². The largest absolute Gasteiger partial charge is 0.491 e. The zero-order valence-corrected chi connectivity index (χ0v) is 12.6. The number of amides is 1. The molecule has 0 unspecified atom stereocenters. The van der Waals surface area contributed by atoms with Gasteiger partial charge in [0.15, 0.2) is 23.1 Å². The van der Waals surface area contributed by atoms with E-state index in [-0.39, 0.29) is 24.0 Å². The average molecular weight is 317 g/mol. The third-order valence-electron chi connectivity index (χ3n) is 3.38. The molecule has 1 N–H and O–H groups in total. The van der Waals surface area contributed by atoms with Gasteiger partial charge in [-0.3, -0.25) is 4.79 Å². The summed E-state index contributed by atoms with van der Waals surface area (Å²) in [5, 5.41) is 2.74. The zero-order valence-electron chi connectivity index (χ0n) is 12.6. The van der Waals surface area contributed by atoms with Crippen LogP contribution in [0.2, 0.25) is 0 Å². The van der Waals surface area contributed by atoms with Crippen molar-refractivity contribution in [2.24, 2.45) is 0 Å². The minimum atomic E-state index is -0.553. The van der Waals surface area contributed by atoms with Crippen molar-refractivity contribution < 1.29 is 23.4 Å². The van der Waals surface area contributed by atoms with E-state index in [1.807, 2.05) is 6.07 Å². The summed E-state index contributed by atoms with van der Waals surface area (Å²) in [7, 11) is 0. The van der Waals surface area contributed by atoms with Gasteiger partial charge in [0.25, 0.3) is 5.91 Å². The molecule has 120 valence electrons. The summed E-state index contributed by atoms with van der Waals surface area (Å²) < 4.78 is 29.4. The van der Waals surface area contributed by atoms with Gasteiger partial charge in [0.1, 0.15) is 0 Å². The molecule has 1 amide bonds. The number of hydrogen-bond acceptors (Lipinski definition) is 4. The van der Waals surface area contributed by atoms with Crippen LogP contribution < -0.4 is 19.5 Å². The topological polar surface area (TPSA) is 56.8 Å². The first-order valence-corrected chi connectivity index (χ1v) is 7.26. The quantitative estimate of drug-likeness (QED) is 0.921. The van der Waals surface area contributed by atoms with Gasteiger partial charge in [-0.15, -0.1) is 0 Å². The van der Waals surface area contributed by atoms with E-state index in [2.05, 4.69) is 5.32 Å². The molecule has 0 bridgehead atoms. The Hall–Kier alpha value is -2.76. The zero-order chi connectivity index (χ0) is 16.2. The van der Waals surface area contributed by atoms with Crippen LogP contribution in [0.25, 0.3) is 0 Å². The van der Waals surface area contributed by atoms with Gasteiger partial charge >= 0.3 is 0 Å². The number of ether oxygens (including phenoxy) is 3. The fourth-order valence-electron chi connectivity index (χ4n) is 2.25. The fourth-order valence-corrected chi connectivity index (χ4v) is 2.25. The molecule has 0 radical (unpaired) electrons. The Balaban J connectivity index is 1.64. The lowest BCUT2D eigenvalue weighted by atomic mass is 10.1. The van der Waals surface area contributed by atoms with E-state index >= 15 is 0 Å². The van der Waals surface area contributed by atoms with Crippen molar-refractivity contribution in [3.8, 4) is 17.2 Å². The molecule has 0 spiro atoms. The van der Waals surface area contributed by atoms with Gasteiger partial charge in [-0.25, -0.2) is 4.39 Å². The molecule has 5 nitrogen and oxygen atoms in total. The third-order valence-corrected chi connectivity index (χ3v) is 3.38. The van der Waals surface area contributed by atoms with E-state index in [0.717, 1.165) is 5.56 Å². The number of benzene rings is 2. The number of halogens is 1. The van der Waals surface area contributed by atoms with Gasteiger partial charge in [0, 0.05) is 12.1 Å². The predicted octanol–water partition coefficient (Wildman–Crippen LogP) is 2.88. The Morgan fingerprint density at radius 3 is 2.83 bits per heavy atom. The fraction of sp³-hybridized carbons (Fsp3) is 0.235. The molecule has 0 saturated carbocycles. The van der Waals surface area contributed by atoms with Crippen LogP contribution >= 0.6 is 0 Å². The maximum Gasteiger partial charge on any atom is 0.251 e. The van der Waals surface area contributed by atoms with E-state index in [0.29, 0.717) is 24.7 Å². The van der Waals surface area contributed by atoms with Crippen LogP contribution in [-0.2, 0) is 6.54 Å². The molecule has 23 heavy (non-hydrogen) atoms. The highest BCUT2D eigenvalue weighted by molar-refractivity contribution is 5.94. The Morgan fingerprint density at radius 2 is 2.04 bits per heavy atom. The lowest BCUT2D eigenvalue weighted by Crippen LogP contribution is -2.22. The molecule has 1 aliphatic heterocycles. The number of carbonyl (C=O) groups is 1. The first-order chi connectivity index (χ1) is 11.2. The van der Waals surface area contributed by atoms with Gasteiger partial charge in [0.2, 0.25) is 6.79 Å². The van der Waals surface area contributed by atoms with Crippen molar-refractivity contribution in [2.75, 3.05) is 13.4 Å². The maximum atomic E-state index is 13.8. The summed E-state index contributed by atoms with van der Waals surface area (Å²) in [5.74, 6) is 0.574. The molecule has 2 aromatic rings. The van der Waals surface area contributed by atoms with Crippen molar-refractivity contribution in [3.05, 3.63) is 53.3 Å². The Kier molecular flexibility index (Phi) is 4.32. The molecule has 0 aromatic heterocycles. The molecule has 0 atom stereocenters. The van der Waals surface area contributed by atoms with Crippen molar-refractivity contribution in [2.45, 2.75) is 13.5 Å². The van der Waals surface area contributed by atoms with Crippen LogP contribution in [0.1, 0.15) is 22.8 Å². The van der Waals surface area contributed by atoms with Gasteiger partial charge in [-0.2, -0.15) is 0 Å². The number of rotatable bonds is 5. The maximum absolute atomic E-state index is 13.8. The molecular formula is C17H16FNO4. The molecule has 0 fully saturated rings. The molecule has 1 heterocycles. The second-order valence-corrected chi connectivity index (χ2v) is 4.95. The van der Waals surface area contributed by atoms with E-state index in [1.165, 1.54) is 18.2 Å². The first-order valence-electron chi connectivity index (χ1n) is 7.26. The Bertz CT molecular complexity index is 733. The van der Waals surface area contributed by atoms with E-state index in [4.69, 9.17) is 14.2 Å². The van der Waals surface area contributed by atoms with Gasteiger partial charge < -0.3 is 19.5 Å². The van der Waals surface area contributed by atoms with E-state index < -0.39 is 5.82 Å². The summed E-state index contributed by atoms with van der Waals surface area (Å²) in [4.78, 5) is 12.1. The second kappa shape index (κ2) is 6.56. The van der Waals surface area contributed by atoms with E-state index in [1.54, 1.807) is 19.1 Å². The second-order valence-electron chi connectivity index (χ2n) is 4.95. The average Bonchev–Trinajstić information content (AvgIpc) is 3.02. The summed E-state index contributed by atoms with van der Waals surface area (Å²) in [6, 6.07) is 9.59.